The normalized spacial score (nSPS) is 31.1. The SMILES string of the molecule is CCCC1NCC(=O)N1CC1CCCCO1. The highest BCUT2D eigenvalue weighted by atomic mass is 16.5. The molecular weight excluding hydrogens is 204 g/mol. The van der Waals surface area contributed by atoms with Crippen LogP contribution in [0, 0.1) is 0 Å². The maximum absolute atomic E-state index is 11.7. The van der Waals surface area contributed by atoms with Gasteiger partial charge in [0.25, 0.3) is 0 Å². The fourth-order valence-corrected chi connectivity index (χ4v) is 2.52. The number of hydrogen-bond donors (Lipinski definition) is 1. The molecule has 4 nitrogen and oxygen atoms in total. The molecule has 0 bridgehead atoms. The van der Waals surface area contributed by atoms with Gasteiger partial charge in [0.1, 0.15) is 0 Å². The first kappa shape index (κ1) is 11.9. The molecule has 1 amide bonds. The van der Waals surface area contributed by atoms with Crippen molar-refractivity contribution in [3.8, 4) is 0 Å². The van der Waals surface area contributed by atoms with Gasteiger partial charge in [0, 0.05) is 13.2 Å². The third kappa shape index (κ3) is 2.74. The third-order valence-corrected chi connectivity index (χ3v) is 3.42. The van der Waals surface area contributed by atoms with Crippen LogP contribution in [-0.4, -0.2) is 42.8 Å². The van der Waals surface area contributed by atoms with Crippen molar-refractivity contribution in [2.75, 3.05) is 19.7 Å². The molecular formula is C12H22N2O2. The third-order valence-electron chi connectivity index (χ3n) is 3.42. The van der Waals surface area contributed by atoms with Gasteiger partial charge in [-0.2, -0.15) is 0 Å². The van der Waals surface area contributed by atoms with Crippen LogP contribution in [0.1, 0.15) is 39.0 Å². The van der Waals surface area contributed by atoms with E-state index in [0.717, 1.165) is 32.4 Å². The Balaban J connectivity index is 1.87. The summed E-state index contributed by atoms with van der Waals surface area (Å²) >= 11 is 0. The van der Waals surface area contributed by atoms with E-state index >= 15 is 0 Å². The topological polar surface area (TPSA) is 41.6 Å². The Bertz CT molecular complexity index is 239. The molecule has 2 unspecified atom stereocenters. The first-order valence-electron chi connectivity index (χ1n) is 6.45. The number of nitrogens with zero attached hydrogens (tertiary/aromatic N) is 1. The van der Waals surface area contributed by atoms with Crippen molar-refractivity contribution >= 4 is 5.91 Å². The molecule has 92 valence electrons. The Kier molecular flexibility index (Phi) is 4.18. The van der Waals surface area contributed by atoms with Gasteiger partial charge in [-0.1, -0.05) is 13.3 Å². The Labute approximate surface area is 97.3 Å². The van der Waals surface area contributed by atoms with Gasteiger partial charge < -0.3 is 9.64 Å². The lowest BCUT2D eigenvalue weighted by Gasteiger charge is -2.30. The van der Waals surface area contributed by atoms with Crippen molar-refractivity contribution in [2.24, 2.45) is 0 Å². The standard InChI is InChI=1S/C12H22N2O2/c1-2-5-11-13-8-12(15)14(11)9-10-6-3-4-7-16-10/h10-11,13H,2-9H2,1H3. The zero-order valence-corrected chi connectivity index (χ0v) is 10.1. The molecule has 0 aromatic rings. The van der Waals surface area contributed by atoms with Crippen molar-refractivity contribution in [2.45, 2.75) is 51.3 Å². The van der Waals surface area contributed by atoms with Crippen molar-refractivity contribution in [1.82, 2.24) is 10.2 Å². The van der Waals surface area contributed by atoms with Gasteiger partial charge in [-0.3, -0.25) is 10.1 Å². The van der Waals surface area contributed by atoms with Gasteiger partial charge in [0.15, 0.2) is 0 Å². The second-order valence-corrected chi connectivity index (χ2v) is 4.72. The Morgan fingerprint density at radius 1 is 1.50 bits per heavy atom. The zero-order valence-electron chi connectivity index (χ0n) is 10.1. The van der Waals surface area contributed by atoms with Crippen LogP contribution in [0.4, 0.5) is 0 Å². The summed E-state index contributed by atoms with van der Waals surface area (Å²) in [4.78, 5) is 13.7. The van der Waals surface area contributed by atoms with E-state index in [2.05, 4.69) is 12.2 Å². The Hall–Kier alpha value is -0.610. The molecule has 2 aliphatic rings. The Morgan fingerprint density at radius 2 is 2.38 bits per heavy atom. The van der Waals surface area contributed by atoms with Crippen LogP contribution in [0.15, 0.2) is 0 Å². The maximum Gasteiger partial charge on any atom is 0.237 e. The van der Waals surface area contributed by atoms with Gasteiger partial charge >= 0.3 is 0 Å². The molecule has 2 heterocycles. The number of carbonyl (C=O) groups excluding carboxylic acids is 1. The fraction of sp³-hybridized carbons (Fsp3) is 0.917. The number of hydrogen-bond acceptors (Lipinski definition) is 3. The van der Waals surface area contributed by atoms with Crippen molar-refractivity contribution in [3.05, 3.63) is 0 Å². The summed E-state index contributed by atoms with van der Waals surface area (Å²) in [6, 6.07) is 0. The van der Waals surface area contributed by atoms with Crippen LogP contribution in [0.2, 0.25) is 0 Å². The second-order valence-electron chi connectivity index (χ2n) is 4.72. The molecule has 2 atom stereocenters. The van der Waals surface area contributed by atoms with Gasteiger partial charge in [-0.05, 0) is 25.7 Å². The number of rotatable bonds is 4. The highest BCUT2D eigenvalue weighted by Crippen LogP contribution is 2.17. The number of ether oxygens (including phenoxy) is 1. The number of amides is 1. The van der Waals surface area contributed by atoms with Crippen LogP contribution >= 0.6 is 0 Å². The van der Waals surface area contributed by atoms with Gasteiger partial charge in [-0.25, -0.2) is 0 Å². The fourth-order valence-electron chi connectivity index (χ4n) is 2.52. The van der Waals surface area contributed by atoms with E-state index in [1.165, 1.54) is 12.8 Å². The quantitative estimate of drug-likeness (QED) is 0.781. The Morgan fingerprint density at radius 3 is 3.06 bits per heavy atom. The largest absolute Gasteiger partial charge is 0.376 e. The lowest BCUT2D eigenvalue weighted by atomic mass is 10.1. The predicted molar refractivity (Wildman–Crippen MR) is 62.0 cm³/mol. The molecule has 0 saturated carbocycles. The maximum atomic E-state index is 11.7. The van der Waals surface area contributed by atoms with Crippen molar-refractivity contribution in [1.29, 1.82) is 0 Å². The molecule has 2 rings (SSSR count). The summed E-state index contributed by atoms with van der Waals surface area (Å²) in [7, 11) is 0. The summed E-state index contributed by atoms with van der Waals surface area (Å²) in [5, 5.41) is 3.27. The van der Waals surface area contributed by atoms with Crippen LogP contribution in [0.3, 0.4) is 0 Å². The van der Waals surface area contributed by atoms with Crippen molar-refractivity contribution < 1.29 is 9.53 Å². The van der Waals surface area contributed by atoms with Gasteiger partial charge in [-0.15, -0.1) is 0 Å². The molecule has 0 aliphatic carbocycles. The summed E-state index contributed by atoms with van der Waals surface area (Å²) in [5.74, 6) is 0.229. The lowest BCUT2D eigenvalue weighted by molar-refractivity contribution is -0.130. The average Bonchev–Trinajstić information content (AvgIpc) is 2.64. The molecule has 2 saturated heterocycles. The first-order chi connectivity index (χ1) is 7.81. The van der Waals surface area contributed by atoms with Crippen LogP contribution in [0.5, 0.6) is 0 Å². The molecule has 1 N–H and O–H groups in total. The monoisotopic (exact) mass is 226 g/mol. The van der Waals surface area contributed by atoms with E-state index in [4.69, 9.17) is 4.74 Å². The lowest BCUT2D eigenvalue weighted by Crippen LogP contribution is -2.43. The van der Waals surface area contributed by atoms with E-state index in [9.17, 15) is 4.79 Å². The number of carbonyl (C=O) groups is 1. The average molecular weight is 226 g/mol. The van der Waals surface area contributed by atoms with E-state index < -0.39 is 0 Å². The summed E-state index contributed by atoms with van der Waals surface area (Å²) in [5.41, 5.74) is 0. The minimum absolute atomic E-state index is 0.229. The van der Waals surface area contributed by atoms with Crippen molar-refractivity contribution in [3.63, 3.8) is 0 Å². The molecule has 0 aromatic heterocycles. The van der Waals surface area contributed by atoms with E-state index in [1.54, 1.807) is 0 Å². The van der Waals surface area contributed by atoms with Crippen LogP contribution < -0.4 is 5.32 Å². The first-order valence-corrected chi connectivity index (χ1v) is 6.45. The molecule has 0 aromatic carbocycles. The molecule has 0 radical (unpaired) electrons. The smallest absolute Gasteiger partial charge is 0.237 e. The highest BCUT2D eigenvalue weighted by Gasteiger charge is 2.31. The van der Waals surface area contributed by atoms with E-state index in [1.807, 2.05) is 4.90 Å². The molecule has 2 aliphatic heterocycles. The van der Waals surface area contributed by atoms with Crippen LogP contribution in [-0.2, 0) is 9.53 Å². The minimum atomic E-state index is 0.229. The summed E-state index contributed by atoms with van der Waals surface area (Å²) in [6.45, 7) is 4.28. The van der Waals surface area contributed by atoms with E-state index in [0.29, 0.717) is 6.54 Å². The second kappa shape index (κ2) is 5.64. The minimum Gasteiger partial charge on any atom is -0.376 e. The molecule has 2 fully saturated rings. The van der Waals surface area contributed by atoms with Gasteiger partial charge in [0.05, 0.1) is 18.8 Å². The van der Waals surface area contributed by atoms with Crippen LogP contribution in [0.25, 0.3) is 0 Å². The molecule has 4 heteroatoms. The highest BCUT2D eigenvalue weighted by molar-refractivity contribution is 5.80. The zero-order chi connectivity index (χ0) is 11.4. The summed E-state index contributed by atoms with van der Waals surface area (Å²) in [6.07, 6.45) is 6.15. The molecule has 16 heavy (non-hydrogen) atoms. The van der Waals surface area contributed by atoms with Gasteiger partial charge in [0.2, 0.25) is 5.91 Å². The molecule has 0 spiro atoms. The summed E-state index contributed by atoms with van der Waals surface area (Å²) < 4.78 is 5.69. The van der Waals surface area contributed by atoms with E-state index in [-0.39, 0.29) is 18.2 Å². The number of nitrogens with one attached hydrogen (secondary N) is 1. The predicted octanol–water partition coefficient (Wildman–Crippen LogP) is 1.11.